The van der Waals surface area contributed by atoms with Crippen molar-refractivity contribution in [2.45, 2.75) is 6.92 Å². The summed E-state index contributed by atoms with van der Waals surface area (Å²) in [7, 11) is 0. The van der Waals surface area contributed by atoms with Gasteiger partial charge in [0.05, 0.1) is 35.4 Å². The van der Waals surface area contributed by atoms with Crippen molar-refractivity contribution in [1.82, 2.24) is 9.88 Å². The molecule has 1 spiro atoms. The monoisotopic (exact) mass is 484 g/mol. The molecule has 7 nitrogen and oxygen atoms in total. The first-order chi connectivity index (χ1) is 17.0. The van der Waals surface area contributed by atoms with E-state index in [9.17, 15) is 9.59 Å². The average Bonchev–Trinajstić information content (AvgIpc) is 3.24. The molecule has 0 unspecified atom stereocenters. The number of carbonyl (C=O) groups excluding carboxylic acids is 2. The molecule has 0 bridgehead atoms. The van der Waals surface area contributed by atoms with Gasteiger partial charge in [-0.1, -0.05) is 36.4 Å². The third-order valence-electron chi connectivity index (χ3n) is 6.66. The van der Waals surface area contributed by atoms with Gasteiger partial charge in [0.2, 0.25) is 0 Å². The van der Waals surface area contributed by atoms with E-state index < -0.39 is 0 Å². The van der Waals surface area contributed by atoms with E-state index in [1.165, 1.54) is 11.3 Å². The van der Waals surface area contributed by atoms with Crippen molar-refractivity contribution >= 4 is 50.4 Å². The van der Waals surface area contributed by atoms with Crippen molar-refractivity contribution in [3.63, 3.8) is 0 Å². The first-order valence-corrected chi connectivity index (χ1v) is 12.4. The van der Waals surface area contributed by atoms with Crippen molar-refractivity contribution in [2.75, 3.05) is 36.9 Å². The molecule has 0 atom stereocenters. The lowest BCUT2D eigenvalue weighted by atomic mass is 9.78. The molecule has 6 rings (SSSR count). The summed E-state index contributed by atoms with van der Waals surface area (Å²) in [6.45, 7) is 4.81. The highest BCUT2D eigenvalue weighted by Gasteiger charge is 2.50. The Morgan fingerprint density at radius 2 is 1.83 bits per heavy atom. The second-order valence-electron chi connectivity index (χ2n) is 9.31. The van der Waals surface area contributed by atoms with E-state index >= 15 is 0 Å². The summed E-state index contributed by atoms with van der Waals surface area (Å²) in [5.74, 6) is 0.154. The number of amides is 2. The van der Waals surface area contributed by atoms with Gasteiger partial charge in [-0.3, -0.25) is 9.59 Å². The van der Waals surface area contributed by atoms with Crippen LogP contribution in [0.4, 0.5) is 17.2 Å². The standard InChI is InChI=1S/C27H24N4O3S/c1-17-6-2-4-8-21(17)29-24-22(30-25(32)20-12-35-23-9-5-3-7-19(20)23)10-18(11-28-24)26(33)31-13-27(14-31)15-34-16-27/h2-12H,13-16H2,1H3,(H,28,29)(H,30,32). The minimum atomic E-state index is -0.240. The topological polar surface area (TPSA) is 83.6 Å². The zero-order valence-electron chi connectivity index (χ0n) is 19.2. The summed E-state index contributed by atoms with van der Waals surface area (Å²) in [5, 5.41) is 9.08. The van der Waals surface area contributed by atoms with Crippen molar-refractivity contribution < 1.29 is 14.3 Å². The first kappa shape index (κ1) is 21.8. The second-order valence-corrected chi connectivity index (χ2v) is 10.2. The number of pyridine rings is 1. The van der Waals surface area contributed by atoms with Crippen molar-refractivity contribution in [1.29, 1.82) is 0 Å². The quantitative estimate of drug-likeness (QED) is 0.413. The normalized spacial score (nSPS) is 16.0. The molecule has 176 valence electrons. The molecular weight excluding hydrogens is 460 g/mol. The Bertz CT molecular complexity index is 1450. The van der Waals surface area contributed by atoms with Gasteiger partial charge < -0.3 is 20.3 Å². The van der Waals surface area contributed by atoms with Crippen LogP contribution in [-0.4, -0.2) is 48.0 Å². The number of anilines is 3. The highest BCUT2D eigenvalue weighted by molar-refractivity contribution is 7.17. The zero-order valence-corrected chi connectivity index (χ0v) is 20.0. The summed E-state index contributed by atoms with van der Waals surface area (Å²) >= 11 is 1.53. The summed E-state index contributed by atoms with van der Waals surface area (Å²) in [5.41, 5.74) is 3.56. The predicted molar refractivity (Wildman–Crippen MR) is 138 cm³/mol. The molecule has 2 saturated heterocycles. The third kappa shape index (κ3) is 3.94. The van der Waals surface area contributed by atoms with Crippen molar-refractivity contribution in [2.24, 2.45) is 5.41 Å². The van der Waals surface area contributed by atoms with Gasteiger partial charge in [0.25, 0.3) is 11.8 Å². The fourth-order valence-electron chi connectivity index (χ4n) is 4.62. The maximum atomic E-state index is 13.3. The largest absolute Gasteiger partial charge is 0.380 e. The maximum absolute atomic E-state index is 13.3. The molecule has 2 aliphatic rings. The molecule has 2 aliphatic heterocycles. The fourth-order valence-corrected chi connectivity index (χ4v) is 5.56. The maximum Gasteiger partial charge on any atom is 0.257 e. The molecule has 4 heterocycles. The van der Waals surface area contributed by atoms with E-state index in [-0.39, 0.29) is 17.2 Å². The van der Waals surface area contributed by atoms with E-state index in [1.807, 2.05) is 65.7 Å². The highest BCUT2D eigenvalue weighted by Crippen LogP contribution is 2.38. The molecule has 2 aromatic carbocycles. The highest BCUT2D eigenvalue weighted by atomic mass is 32.1. The van der Waals surface area contributed by atoms with Crippen LogP contribution in [0.5, 0.6) is 0 Å². The minimum Gasteiger partial charge on any atom is -0.380 e. The number of ether oxygens (including phenoxy) is 1. The van der Waals surface area contributed by atoms with Gasteiger partial charge in [-0.25, -0.2) is 4.98 Å². The lowest BCUT2D eigenvalue weighted by molar-refractivity contribution is -0.176. The van der Waals surface area contributed by atoms with E-state index in [1.54, 1.807) is 12.3 Å². The molecular formula is C27H24N4O3S. The van der Waals surface area contributed by atoms with Crippen LogP contribution in [0, 0.1) is 12.3 Å². The van der Waals surface area contributed by atoms with Gasteiger partial charge in [0.15, 0.2) is 5.82 Å². The lowest BCUT2D eigenvalue weighted by Crippen LogP contribution is -2.67. The Morgan fingerprint density at radius 3 is 2.60 bits per heavy atom. The van der Waals surface area contributed by atoms with E-state index in [2.05, 4.69) is 15.6 Å². The Labute approximate surface area is 206 Å². The van der Waals surface area contributed by atoms with Gasteiger partial charge in [-0.2, -0.15) is 0 Å². The lowest BCUT2D eigenvalue weighted by Gasteiger charge is -2.54. The van der Waals surface area contributed by atoms with Crippen LogP contribution in [0.15, 0.2) is 66.2 Å². The molecule has 2 N–H and O–H groups in total. The molecule has 35 heavy (non-hydrogen) atoms. The number of nitrogens with zero attached hydrogens (tertiary/aromatic N) is 2. The number of carbonyl (C=O) groups is 2. The molecule has 2 aromatic heterocycles. The Morgan fingerprint density at radius 1 is 1.06 bits per heavy atom. The molecule has 2 amide bonds. The molecule has 0 radical (unpaired) electrons. The smallest absolute Gasteiger partial charge is 0.257 e. The molecule has 0 saturated carbocycles. The summed E-state index contributed by atoms with van der Waals surface area (Å²) < 4.78 is 6.37. The van der Waals surface area contributed by atoms with Crippen LogP contribution in [0.3, 0.4) is 0 Å². The predicted octanol–water partition coefficient (Wildman–Crippen LogP) is 5.07. The van der Waals surface area contributed by atoms with Crippen LogP contribution in [0.1, 0.15) is 26.3 Å². The third-order valence-corrected chi connectivity index (χ3v) is 7.63. The average molecular weight is 485 g/mol. The van der Waals surface area contributed by atoms with E-state index in [0.29, 0.717) is 48.9 Å². The Kier molecular flexibility index (Phi) is 5.27. The number of fused-ring (bicyclic) bond motifs is 1. The number of thiophene rings is 1. The number of likely N-dealkylation sites (tertiary alicyclic amines) is 1. The number of hydrogen-bond acceptors (Lipinski definition) is 6. The van der Waals surface area contributed by atoms with E-state index in [4.69, 9.17) is 4.74 Å². The number of para-hydroxylation sites is 1. The fraction of sp³-hybridized carbons (Fsp3) is 0.222. The number of benzene rings is 2. The van der Waals surface area contributed by atoms with Crippen LogP contribution in [-0.2, 0) is 4.74 Å². The van der Waals surface area contributed by atoms with Crippen molar-refractivity contribution in [3.05, 3.63) is 82.9 Å². The summed E-state index contributed by atoms with van der Waals surface area (Å²) in [4.78, 5) is 32.8. The number of nitrogens with one attached hydrogen (secondary N) is 2. The van der Waals surface area contributed by atoms with E-state index in [0.717, 1.165) is 21.3 Å². The summed E-state index contributed by atoms with van der Waals surface area (Å²) in [6, 6.07) is 17.4. The summed E-state index contributed by atoms with van der Waals surface area (Å²) in [6.07, 6.45) is 1.57. The molecule has 4 aromatic rings. The van der Waals surface area contributed by atoms with Gasteiger partial charge >= 0.3 is 0 Å². The molecule has 8 heteroatoms. The van der Waals surface area contributed by atoms with Gasteiger partial charge in [0, 0.05) is 40.4 Å². The van der Waals surface area contributed by atoms with Crippen molar-refractivity contribution in [3.8, 4) is 0 Å². The van der Waals surface area contributed by atoms with Crippen LogP contribution >= 0.6 is 11.3 Å². The Hall–Kier alpha value is -3.75. The number of rotatable bonds is 5. The Balaban J connectivity index is 1.31. The van der Waals surface area contributed by atoms with Gasteiger partial charge in [-0.15, -0.1) is 11.3 Å². The molecule has 0 aliphatic carbocycles. The van der Waals surface area contributed by atoms with Crippen LogP contribution < -0.4 is 10.6 Å². The molecule has 2 fully saturated rings. The first-order valence-electron chi connectivity index (χ1n) is 11.5. The van der Waals surface area contributed by atoms with Gasteiger partial charge in [0.1, 0.15) is 0 Å². The minimum absolute atomic E-state index is 0.0889. The number of aryl methyl sites for hydroxylation is 1. The van der Waals surface area contributed by atoms with Crippen LogP contribution in [0.25, 0.3) is 10.1 Å². The van der Waals surface area contributed by atoms with Gasteiger partial charge in [-0.05, 0) is 30.7 Å². The van der Waals surface area contributed by atoms with Crippen LogP contribution in [0.2, 0.25) is 0 Å². The number of aromatic nitrogens is 1. The zero-order chi connectivity index (χ0) is 24.0. The SMILES string of the molecule is Cc1ccccc1Nc1ncc(C(=O)N2CC3(COC3)C2)cc1NC(=O)c1csc2ccccc12. The second kappa shape index (κ2) is 8.48. The number of hydrogen-bond donors (Lipinski definition) is 2.